The van der Waals surface area contributed by atoms with Crippen molar-refractivity contribution in [3.05, 3.63) is 274 Å². The first-order valence-electron chi connectivity index (χ1n) is 24.1. The maximum Gasteiger partial charge on any atom is 0.241 e. The summed E-state index contributed by atoms with van der Waals surface area (Å²) < 4.78 is 4.67. The number of para-hydroxylation sites is 1. The lowest BCUT2D eigenvalue weighted by atomic mass is 9.36. The third-order valence-electron chi connectivity index (χ3n) is 13.4. The van der Waals surface area contributed by atoms with Gasteiger partial charge >= 0.3 is 0 Å². The highest BCUT2D eigenvalue weighted by atomic mass is 15.2. The summed E-state index contributed by atoms with van der Waals surface area (Å²) in [4.78, 5) is 15.8. The molecule has 0 saturated heterocycles. The van der Waals surface area contributed by atoms with Crippen LogP contribution in [0.15, 0.2) is 268 Å². The molecular weight excluding hydrogens is 860 g/mol. The van der Waals surface area contributed by atoms with Gasteiger partial charge in [-0.15, -0.1) is 0 Å². The van der Waals surface area contributed by atoms with Crippen molar-refractivity contribution in [3.8, 4) is 23.0 Å². The summed E-state index contributed by atoms with van der Waals surface area (Å²) in [6.45, 7) is 14.3. The average Bonchev–Trinajstić information content (AvgIpc) is 3.94. The van der Waals surface area contributed by atoms with E-state index in [2.05, 4.69) is 224 Å². The highest BCUT2D eigenvalue weighted by molar-refractivity contribution is 6.95. The fourth-order valence-corrected chi connectivity index (χ4v) is 10.4. The van der Waals surface area contributed by atoms with E-state index in [-0.39, 0.29) is 13.4 Å². The van der Waals surface area contributed by atoms with Crippen molar-refractivity contribution in [2.75, 3.05) is 0 Å². The molecule has 0 aliphatic heterocycles. The molecule has 3 aromatic heterocycles. The third kappa shape index (κ3) is 8.17. The van der Waals surface area contributed by atoms with E-state index >= 15 is 0 Å². The number of hydrogen-bond acceptors (Lipinski definition) is 3. The molecule has 0 radical (unpaired) electrons. The summed E-state index contributed by atoms with van der Waals surface area (Å²) >= 11 is 0. The molecule has 11 aromatic rings. The number of fused-ring (bicyclic) bond motifs is 7. The predicted octanol–water partition coefficient (Wildman–Crippen LogP) is 11.8. The lowest BCUT2D eigenvalue weighted by Crippen LogP contribution is -2.51. The Hall–Kier alpha value is -9.06. The molecule has 0 amide bonds. The first-order valence-corrected chi connectivity index (χ1v) is 24.1. The molecule has 0 aliphatic carbocycles. The lowest BCUT2D eigenvalue weighted by molar-refractivity contribution is 0.932. The largest absolute Gasteiger partial charge is 0.307 e. The van der Waals surface area contributed by atoms with Crippen molar-refractivity contribution in [2.45, 2.75) is 6.92 Å². The van der Waals surface area contributed by atoms with Crippen LogP contribution in [-0.4, -0.2) is 37.5 Å². The zero-order valence-electron chi connectivity index (χ0n) is 39.6. The SMILES string of the molecule is C=C/C=C(\C=C/C)B(c1ccccc1)c1ccc2c(c1)c1ccc3c4cc(B(c5ccccc5)c5ccccc5)ccc4n(-c4ccccc4)c3c1n2-c1nc(/C(C=C)=C/C=C)nc(-c2ccccc2)n1. The lowest BCUT2D eigenvalue weighted by Gasteiger charge is -2.17. The molecule has 0 atom stereocenters. The highest BCUT2D eigenvalue weighted by Gasteiger charge is 2.28. The second kappa shape index (κ2) is 19.5. The molecule has 0 spiro atoms. The number of nitrogens with zero attached hydrogens (tertiary/aromatic N) is 5. The van der Waals surface area contributed by atoms with E-state index in [1.54, 1.807) is 12.2 Å². The molecule has 71 heavy (non-hydrogen) atoms. The van der Waals surface area contributed by atoms with Gasteiger partial charge in [0.2, 0.25) is 19.4 Å². The van der Waals surface area contributed by atoms with Crippen LogP contribution in [0.4, 0.5) is 0 Å². The van der Waals surface area contributed by atoms with Gasteiger partial charge in [0.1, 0.15) is 0 Å². The first-order chi connectivity index (χ1) is 35.1. The quantitative estimate of drug-likeness (QED) is 0.0807. The summed E-state index contributed by atoms with van der Waals surface area (Å²) in [5.41, 5.74) is 13.9. The minimum absolute atomic E-state index is 0.0217. The number of hydrogen-bond donors (Lipinski definition) is 0. The van der Waals surface area contributed by atoms with Crippen molar-refractivity contribution in [2.24, 2.45) is 0 Å². The highest BCUT2D eigenvalue weighted by Crippen LogP contribution is 2.41. The monoisotopic (exact) mass is 909 g/mol. The van der Waals surface area contributed by atoms with E-state index in [9.17, 15) is 0 Å². The minimum atomic E-state index is -0.0686. The Morgan fingerprint density at radius 1 is 0.479 bits per heavy atom. The van der Waals surface area contributed by atoms with Gasteiger partial charge in [-0.1, -0.05) is 271 Å². The van der Waals surface area contributed by atoms with E-state index < -0.39 is 0 Å². The molecule has 8 aromatic carbocycles. The molecule has 0 saturated carbocycles. The van der Waals surface area contributed by atoms with Gasteiger partial charge in [0.15, 0.2) is 11.6 Å². The maximum absolute atomic E-state index is 5.39. The van der Waals surface area contributed by atoms with Crippen LogP contribution in [0.25, 0.3) is 72.2 Å². The summed E-state index contributed by atoms with van der Waals surface area (Å²) in [6.07, 6.45) is 13.7. The standard InChI is InChI=1S/C64H49B2N5/c1-5-24-45(8-4)62-67-63(46-27-14-9-15-28-46)69-64(68-62)71-59-42-38-51(65(47(25-6-2)26-7-3)48-29-16-10-17-30-48)44-57(59)55-40-39-54-56-43-52(66(49-31-18-11-19-32-49)50-33-20-12-21-34-50)37-41-58(56)70(60(54)61(55)71)53-35-22-13-23-36-53/h5-44H,1-2,4H2,3H3/b26-7-,45-24+,47-25+. The molecule has 336 valence electrons. The molecule has 0 aliphatic rings. The first kappa shape index (κ1) is 44.4. The van der Waals surface area contributed by atoms with E-state index in [1.807, 2.05) is 42.5 Å². The molecule has 0 fully saturated rings. The Bertz CT molecular complexity index is 3830. The smallest absolute Gasteiger partial charge is 0.241 e. The summed E-state index contributed by atoms with van der Waals surface area (Å²) in [5, 5.41) is 4.41. The van der Waals surface area contributed by atoms with Crippen molar-refractivity contribution in [3.63, 3.8) is 0 Å². The molecule has 5 nitrogen and oxygen atoms in total. The minimum Gasteiger partial charge on any atom is -0.307 e. The Balaban J connectivity index is 1.29. The zero-order chi connectivity index (χ0) is 48.3. The molecule has 0 unspecified atom stereocenters. The van der Waals surface area contributed by atoms with Crippen molar-refractivity contribution in [1.82, 2.24) is 24.1 Å². The summed E-state index contributed by atoms with van der Waals surface area (Å²) in [6, 6.07) is 71.6. The molecule has 3 heterocycles. The number of rotatable bonds is 14. The van der Waals surface area contributed by atoms with Gasteiger partial charge in [-0.05, 0) is 31.2 Å². The van der Waals surface area contributed by atoms with Gasteiger partial charge in [0.05, 0.1) is 22.1 Å². The molecule has 7 heteroatoms. The third-order valence-corrected chi connectivity index (χ3v) is 13.4. The Morgan fingerprint density at radius 2 is 1.00 bits per heavy atom. The van der Waals surface area contributed by atoms with E-state index in [0.717, 1.165) is 71.4 Å². The fraction of sp³-hybridized carbons (Fsp3) is 0.0156. The van der Waals surface area contributed by atoms with Crippen LogP contribution in [0.2, 0.25) is 0 Å². The van der Waals surface area contributed by atoms with Crippen LogP contribution < -0.4 is 27.3 Å². The maximum atomic E-state index is 5.39. The van der Waals surface area contributed by atoms with Crippen LogP contribution in [0.1, 0.15) is 12.7 Å². The Kier molecular flexibility index (Phi) is 12.2. The van der Waals surface area contributed by atoms with Crippen molar-refractivity contribution < 1.29 is 0 Å². The van der Waals surface area contributed by atoms with E-state index in [4.69, 9.17) is 15.0 Å². The topological polar surface area (TPSA) is 48.5 Å². The summed E-state index contributed by atoms with van der Waals surface area (Å²) in [5.74, 6) is 1.54. The van der Waals surface area contributed by atoms with Crippen LogP contribution >= 0.6 is 0 Å². The van der Waals surface area contributed by atoms with Gasteiger partial charge in [-0.25, -0.2) is 4.98 Å². The van der Waals surface area contributed by atoms with Crippen molar-refractivity contribution in [1.29, 1.82) is 0 Å². The number of benzene rings is 8. The second-order valence-electron chi connectivity index (χ2n) is 17.6. The van der Waals surface area contributed by atoms with Gasteiger partial charge in [-0.3, -0.25) is 4.57 Å². The van der Waals surface area contributed by atoms with E-state index in [1.165, 1.54) is 21.9 Å². The van der Waals surface area contributed by atoms with Gasteiger partial charge < -0.3 is 4.57 Å². The Morgan fingerprint density at radius 3 is 1.58 bits per heavy atom. The predicted molar refractivity (Wildman–Crippen MR) is 304 cm³/mol. The second-order valence-corrected chi connectivity index (χ2v) is 17.6. The average molecular weight is 910 g/mol. The van der Waals surface area contributed by atoms with Crippen LogP contribution in [-0.2, 0) is 0 Å². The zero-order valence-corrected chi connectivity index (χ0v) is 39.6. The van der Waals surface area contributed by atoms with Crippen LogP contribution in [0, 0.1) is 0 Å². The normalized spacial score (nSPS) is 12.0. The Labute approximate surface area is 415 Å². The van der Waals surface area contributed by atoms with Gasteiger partial charge in [0.25, 0.3) is 0 Å². The van der Waals surface area contributed by atoms with Crippen LogP contribution in [0.5, 0.6) is 0 Å². The summed E-state index contributed by atoms with van der Waals surface area (Å²) in [7, 11) is 0. The van der Waals surface area contributed by atoms with Gasteiger partial charge in [-0.2, -0.15) is 9.97 Å². The number of aromatic nitrogens is 5. The van der Waals surface area contributed by atoms with Gasteiger partial charge in [0, 0.05) is 38.4 Å². The van der Waals surface area contributed by atoms with Crippen LogP contribution in [0.3, 0.4) is 0 Å². The molecule has 0 N–H and O–H groups in total. The molecule has 0 bridgehead atoms. The fourth-order valence-electron chi connectivity index (χ4n) is 10.4. The number of allylic oxidation sites excluding steroid dienone is 9. The molecular formula is C64H49B2N5. The molecule has 11 rings (SSSR count). The van der Waals surface area contributed by atoms with Crippen molar-refractivity contribution >= 4 is 89.9 Å². The van der Waals surface area contributed by atoms with E-state index in [0.29, 0.717) is 17.6 Å².